The maximum absolute atomic E-state index is 11.6. The van der Waals surface area contributed by atoms with Crippen LogP contribution < -0.4 is 10.6 Å². The van der Waals surface area contributed by atoms with E-state index in [9.17, 15) is 4.79 Å². The van der Waals surface area contributed by atoms with Crippen LogP contribution >= 0.6 is 11.3 Å². The average Bonchev–Trinajstić information content (AvgIpc) is 2.83. The van der Waals surface area contributed by atoms with Gasteiger partial charge >= 0.3 is 0 Å². The summed E-state index contributed by atoms with van der Waals surface area (Å²) in [6.45, 7) is 1.27. The van der Waals surface area contributed by atoms with E-state index >= 15 is 0 Å². The van der Waals surface area contributed by atoms with Crippen molar-refractivity contribution in [2.45, 2.75) is 6.04 Å². The van der Waals surface area contributed by atoms with Gasteiger partial charge in [0.25, 0.3) is 0 Å². The van der Waals surface area contributed by atoms with E-state index in [1.807, 2.05) is 25.5 Å². The first-order chi connectivity index (χ1) is 8.65. The lowest BCUT2D eigenvalue weighted by Crippen LogP contribution is -2.39. The van der Waals surface area contributed by atoms with Crippen molar-refractivity contribution in [3.8, 4) is 12.3 Å². The minimum absolute atomic E-state index is 0.0337. The normalized spacial score (nSPS) is 12.1. The second-order valence-corrected chi connectivity index (χ2v) is 5.09. The fraction of sp³-hybridized carbons (Fsp3) is 0.462. The molecular formula is C13H19N3OS. The molecule has 1 aromatic heterocycles. The van der Waals surface area contributed by atoms with E-state index in [4.69, 9.17) is 6.42 Å². The van der Waals surface area contributed by atoms with Gasteiger partial charge < -0.3 is 10.2 Å². The number of terminal acetylenes is 1. The van der Waals surface area contributed by atoms with Gasteiger partial charge in [-0.15, -0.1) is 17.8 Å². The van der Waals surface area contributed by atoms with E-state index in [1.54, 1.807) is 11.3 Å². The van der Waals surface area contributed by atoms with Crippen molar-refractivity contribution in [3.05, 3.63) is 22.4 Å². The topological polar surface area (TPSA) is 44.4 Å². The fourth-order valence-electron chi connectivity index (χ4n) is 1.54. The molecule has 1 heterocycles. The third kappa shape index (κ3) is 4.88. The molecule has 1 unspecified atom stereocenters. The second-order valence-electron chi connectivity index (χ2n) is 4.11. The van der Waals surface area contributed by atoms with E-state index in [0.29, 0.717) is 13.1 Å². The van der Waals surface area contributed by atoms with Crippen molar-refractivity contribution in [1.82, 2.24) is 15.5 Å². The fourth-order valence-corrected chi connectivity index (χ4v) is 2.46. The highest BCUT2D eigenvalue weighted by atomic mass is 32.1. The molecule has 18 heavy (non-hydrogen) atoms. The third-order valence-electron chi connectivity index (χ3n) is 2.50. The Balaban J connectivity index is 2.39. The second kappa shape index (κ2) is 7.88. The lowest BCUT2D eigenvalue weighted by molar-refractivity contribution is -0.120. The highest BCUT2D eigenvalue weighted by Crippen LogP contribution is 2.22. The lowest BCUT2D eigenvalue weighted by Gasteiger charge is -2.23. The summed E-state index contributed by atoms with van der Waals surface area (Å²) in [5, 5.41) is 7.81. The molecule has 0 saturated heterocycles. The van der Waals surface area contributed by atoms with Crippen molar-refractivity contribution >= 4 is 17.2 Å². The molecule has 0 radical (unpaired) electrons. The number of thiophene rings is 1. The first-order valence-corrected chi connectivity index (χ1v) is 6.63. The number of amides is 1. The Morgan fingerprint density at radius 2 is 2.39 bits per heavy atom. The van der Waals surface area contributed by atoms with Crippen LogP contribution in [0.25, 0.3) is 0 Å². The molecule has 0 saturated carbocycles. The molecule has 2 N–H and O–H groups in total. The minimum Gasteiger partial charge on any atom is -0.353 e. The van der Waals surface area contributed by atoms with Crippen LogP contribution in [-0.4, -0.2) is 44.5 Å². The summed E-state index contributed by atoms with van der Waals surface area (Å²) in [6.07, 6.45) is 5.09. The Morgan fingerprint density at radius 3 is 2.94 bits per heavy atom. The zero-order valence-electron chi connectivity index (χ0n) is 10.8. The van der Waals surface area contributed by atoms with Gasteiger partial charge in [-0.25, -0.2) is 0 Å². The van der Waals surface area contributed by atoms with Gasteiger partial charge in [0.2, 0.25) is 5.91 Å². The van der Waals surface area contributed by atoms with E-state index in [2.05, 4.69) is 27.5 Å². The number of nitrogens with zero attached hydrogens (tertiary/aromatic N) is 1. The number of likely N-dealkylation sites (N-methyl/N-ethyl adjacent to an activating group) is 1. The number of carbonyl (C=O) groups is 1. The summed E-state index contributed by atoms with van der Waals surface area (Å²) in [7, 11) is 4.01. The molecule has 1 rings (SSSR count). The van der Waals surface area contributed by atoms with E-state index in [1.165, 1.54) is 4.88 Å². The van der Waals surface area contributed by atoms with Crippen molar-refractivity contribution in [1.29, 1.82) is 0 Å². The molecule has 0 spiro atoms. The summed E-state index contributed by atoms with van der Waals surface area (Å²) in [5.41, 5.74) is 0. The van der Waals surface area contributed by atoms with Crippen molar-refractivity contribution < 1.29 is 4.79 Å². The van der Waals surface area contributed by atoms with Crippen LogP contribution in [0.3, 0.4) is 0 Å². The molecular weight excluding hydrogens is 246 g/mol. The van der Waals surface area contributed by atoms with Gasteiger partial charge in [-0.05, 0) is 25.5 Å². The van der Waals surface area contributed by atoms with Gasteiger partial charge in [-0.1, -0.05) is 12.0 Å². The minimum atomic E-state index is -0.0337. The van der Waals surface area contributed by atoms with Gasteiger partial charge in [0.15, 0.2) is 0 Å². The van der Waals surface area contributed by atoms with Crippen LogP contribution in [-0.2, 0) is 4.79 Å². The molecule has 1 atom stereocenters. The van der Waals surface area contributed by atoms with Gasteiger partial charge in [-0.2, -0.15) is 0 Å². The number of hydrogen-bond acceptors (Lipinski definition) is 4. The van der Waals surface area contributed by atoms with Crippen molar-refractivity contribution in [3.63, 3.8) is 0 Å². The Bertz CT molecular complexity index is 395. The monoisotopic (exact) mass is 265 g/mol. The first-order valence-electron chi connectivity index (χ1n) is 5.76. The number of hydrogen-bond donors (Lipinski definition) is 2. The molecule has 5 heteroatoms. The van der Waals surface area contributed by atoms with Crippen molar-refractivity contribution in [2.24, 2.45) is 0 Å². The Morgan fingerprint density at radius 1 is 1.61 bits per heavy atom. The highest BCUT2D eigenvalue weighted by molar-refractivity contribution is 7.10. The van der Waals surface area contributed by atoms with Gasteiger partial charge in [0.1, 0.15) is 0 Å². The third-order valence-corrected chi connectivity index (χ3v) is 3.47. The Labute approximate surface area is 112 Å². The molecule has 0 aromatic carbocycles. The predicted molar refractivity (Wildman–Crippen MR) is 75.5 cm³/mol. The van der Waals surface area contributed by atoms with Gasteiger partial charge in [-0.3, -0.25) is 10.1 Å². The van der Waals surface area contributed by atoms with Gasteiger partial charge in [0.05, 0.1) is 19.1 Å². The summed E-state index contributed by atoms with van der Waals surface area (Å²) in [5.74, 6) is 2.40. The van der Waals surface area contributed by atoms with Crippen LogP contribution in [0.4, 0.5) is 0 Å². The zero-order valence-corrected chi connectivity index (χ0v) is 11.6. The summed E-state index contributed by atoms with van der Waals surface area (Å²) >= 11 is 1.70. The molecule has 1 amide bonds. The highest BCUT2D eigenvalue weighted by Gasteiger charge is 2.15. The summed E-state index contributed by atoms with van der Waals surface area (Å²) < 4.78 is 0. The molecule has 98 valence electrons. The number of nitrogens with one attached hydrogen (secondary N) is 2. The van der Waals surface area contributed by atoms with Crippen molar-refractivity contribution in [2.75, 3.05) is 33.7 Å². The molecule has 1 aromatic rings. The Hall–Kier alpha value is -1.35. The smallest absolute Gasteiger partial charge is 0.234 e. The standard InChI is InChI=1S/C13H19N3OS/c1-4-7-14-10-13(17)15-9-11(16(2)3)12-6-5-8-18-12/h1,5-6,8,11,14H,7,9-10H2,2-3H3,(H,15,17). The summed E-state index contributed by atoms with van der Waals surface area (Å²) in [6, 6.07) is 4.31. The zero-order chi connectivity index (χ0) is 13.4. The lowest BCUT2D eigenvalue weighted by atomic mass is 10.2. The first kappa shape index (κ1) is 14.7. The van der Waals surface area contributed by atoms with Crippen LogP contribution in [0.15, 0.2) is 17.5 Å². The molecule has 0 aliphatic heterocycles. The van der Waals surface area contributed by atoms with Gasteiger partial charge in [0, 0.05) is 11.4 Å². The molecule has 0 aliphatic rings. The number of carbonyl (C=O) groups excluding carboxylic acids is 1. The number of rotatable bonds is 7. The van der Waals surface area contributed by atoms with Crippen LogP contribution in [0.1, 0.15) is 10.9 Å². The average molecular weight is 265 g/mol. The maximum Gasteiger partial charge on any atom is 0.234 e. The Kier molecular flexibility index (Phi) is 6.44. The largest absolute Gasteiger partial charge is 0.353 e. The van der Waals surface area contributed by atoms with Crippen LogP contribution in [0.2, 0.25) is 0 Å². The van der Waals surface area contributed by atoms with Crippen LogP contribution in [0.5, 0.6) is 0 Å². The SMILES string of the molecule is C#CCNCC(=O)NCC(c1cccs1)N(C)C. The quantitative estimate of drug-likeness (QED) is 0.563. The molecule has 0 bridgehead atoms. The predicted octanol–water partition coefficient (Wildman–Crippen LogP) is 0.690. The van der Waals surface area contributed by atoms with E-state index < -0.39 is 0 Å². The van der Waals surface area contributed by atoms with Crippen LogP contribution in [0, 0.1) is 12.3 Å². The molecule has 4 nitrogen and oxygen atoms in total. The molecule has 0 aliphatic carbocycles. The summed E-state index contributed by atoms with van der Waals surface area (Å²) in [4.78, 5) is 14.9. The maximum atomic E-state index is 11.6. The molecule has 0 fully saturated rings. The van der Waals surface area contributed by atoms with E-state index in [-0.39, 0.29) is 18.5 Å². The van der Waals surface area contributed by atoms with E-state index in [0.717, 1.165) is 0 Å².